The molecule has 0 saturated carbocycles. The van der Waals surface area contributed by atoms with E-state index in [1.165, 1.54) is 0 Å². The normalized spacial score (nSPS) is 19.9. The zero-order valence-electron chi connectivity index (χ0n) is 17.5. The number of Topliss-reactive ketones (excluding diaryl/α,β-unsaturated/α-hetero) is 1. The van der Waals surface area contributed by atoms with Gasteiger partial charge in [0.15, 0.2) is 5.78 Å². The van der Waals surface area contributed by atoms with Crippen molar-refractivity contribution in [3.05, 3.63) is 99.2 Å². The van der Waals surface area contributed by atoms with E-state index in [2.05, 4.69) is 10.6 Å². The second kappa shape index (κ2) is 8.53. The minimum atomic E-state index is -0.392. The van der Waals surface area contributed by atoms with Crippen LogP contribution < -0.4 is 15.4 Å². The summed E-state index contributed by atoms with van der Waals surface area (Å²) in [7, 11) is 1.65. The maximum absolute atomic E-state index is 13.6. The van der Waals surface area contributed by atoms with Gasteiger partial charge < -0.3 is 15.4 Å². The summed E-state index contributed by atoms with van der Waals surface area (Å²) in [4.78, 5) is 13.6. The van der Waals surface area contributed by atoms with Gasteiger partial charge in [-0.25, -0.2) is 0 Å². The average Bonchev–Trinajstić information content (AvgIpc) is 2.97. The van der Waals surface area contributed by atoms with Gasteiger partial charge in [0, 0.05) is 17.7 Å². The largest absolute Gasteiger partial charge is 0.497 e. The van der Waals surface area contributed by atoms with Crippen LogP contribution in [0.5, 0.6) is 5.75 Å². The minimum Gasteiger partial charge on any atom is -0.497 e. The van der Waals surface area contributed by atoms with E-state index in [1.807, 2.05) is 60.7 Å². The molecule has 0 saturated heterocycles. The van der Waals surface area contributed by atoms with E-state index in [0.29, 0.717) is 16.5 Å². The lowest BCUT2D eigenvalue weighted by Gasteiger charge is -2.30. The number of allylic oxidation sites excluding steroid dienone is 1. The number of hydrogen-bond acceptors (Lipinski definition) is 4. The summed E-state index contributed by atoms with van der Waals surface area (Å²) in [6, 6.07) is 21.1. The van der Waals surface area contributed by atoms with E-state index < -0.39 is 6.04 Å². The molecule has 4 nitrogen and oxygen atoms in total. The van der Waals surface area contributed by atoms with Crippen LogP contribution in [0.2, 0.25) is 10.0 Å². The highest BCUT2D eigenvalue weighted by atomic mass is 35.5. The summed E-state index contributed by atoms with van der Waals surface area (Å²) in [6.45, 7) is 0. The summed E-state index contributed by atoms with van der Waals surface area (Å²) >= 11 is 12.9. The fourth-order valence-corrected chi connectivity index (χ4v) is 5.00. The number of rotatable bonds is 3. The molecule has 1 aliphatic carbocycles. The van der Waals surface area contributed by atoms with Gasteiger partial charge in [0.1, 0.15) is 5.75 Å². The van der Waals surface area contributed by atoms with Crippen molar-refractivity contribution in [2.24, 2.45) is 0 Å². The van der Waals surface area contributed by atoms with Crippen LogP contribution in [0, 0.1) is 0 Å². The summed E-state index contributed by atoms with van der Waals surface area (Å²) in [5.41, 5.74) is 5.40. The number of carbonyl (C=O) groups is 1. The van der Waals surface area contributed by atoms with Crippen LogP contribution in [0.4, 0.5) is 11.4 Å². The van der Waals surface area contributed by atoms with Crippen molar-refractivity contribution in [2.75, 3.05) is 17.7 Å². The molecule has 2 unspecified atom stereocenters. The Bertz CT molecular complexity index is 1220. The van der Waals surface area contributed by atoms with Crippen molar-refractivity contribution < 1.29 is 9.53 Å². The van der Waals surface area contributed by atoms with Crippen LogP contribution in [-0.2, 0) is 4.79 Å². The van der Waals surface area contributed by atoms with Crippen molar-refractivity contribution >= 4 is 40.4 Å². The van der Waals surface area contributed by atoms with Gasteiger partial charge in [-0.05, 0) is 53.8 Å². The summed E-state index contributed by atoms with van der Waals surface area (Å²) in [5.74, 6) is 0.985. The number of fused-ring (bicyclic) bond motifs is 1. The molecule has 0 radical (unpaired) electrons. The molecule has 5 rings (SSSR count). The molecule has 6 heteroatoms. The van der Waals surface area contributed by atoms with Crippen LogP contribution >= 0.6 is 23.2 Å². The number of methoxy groups -OCH3 is 1. The van der Waals surface area contributed by atoms with Gasteiger partial charge in [-0.3, -0.25) is 4.79 Å². The molecule has 0 bridgehead atoms. The highest BCUT2D eigenvalue weighted by Crippen LogP contribution is 2.46. The maximum Gasteiger partial charge on any atom is 0.163 e. The van der Waals surface area contributed by atoms with Crippen molar-refractivity contribution in [1.82, 2.24) is 0 Å². The molecule has 0 aromatic heterocycles. The van der Waals surface area contributed by atoms with Crippen LogP contribution in [0.25, 0.3) is 0 Å². The zero-order chi connectivity index (χ0) is 22.2. The molecule has 2 aliphatic rings. The van der Waals surface area contributed by atoms with Gasteiger partial charge in [0.25, 0.3) is 0 Å². The highest BCUT2D eigenvalue weighted by molar-refractivity contribution is 6.42. The molecule has 0 amide bonds. The van der Waals surface area contributed by atoms with Crippen molar-refractivity contribution in [3.8, 4) is 5.75 Å². The number of halogens is 2. The fraction of sp³-hybridized carbons (Fsp3) is 0.192. The van der Waals surface area contributed by atoms with E-state index in [0.717, 1.165) is 45.9 Å². The third-order valence-corrected chi connectivity index (χ3v) is 7.02. The molecule has 3 aromatic rings. The first-order chi connectivity index (χ1) is 15.5. The average molecular weight is 465 g/mol. The Kier molecular flexibility index (Phi) is 5.58. The van der Waals surface area contributed by atoms with Crippen LogP contribution in [-0.4, -0.2) is 12.9 Å². The second-order valence-electron chi connectivity index (χ2n) is 8.08. The Balaban J connectivity index is 1.61. The Morgan fingerprint density at radius 1 is 0.906 bits per heavy atom. The third kappa shape index (κ3) is 3.74. The molecule has 2 atom stereocenters. The van der Waals surface area contributed by atoms with Gasteiger partial charge in [0.2, 0.25) is 0 Å². The minimum absolute atomic E-state index is 0.0837. The highest BCUT2D eigenvalue weighted by Gasteiger charge is 2.36. The lowest BCUT2D eigenvalue weighted by atomic mass is 9.78. The number of ketones is 1. The van der Waals surface area contributed by atoms with Crippen LogP contribution in [0.15, 0.2) is 78.0 Å². The number of benzene rings is 3. The number of ether oxygens (including phenoxy) is 1. The topological polar surface area (TPSA) is 50.4 Å². The predicted octanol–water partition coefficient (Wildman–Crippen LogP) is 6.98. The number of anilines is 2. The number of para-hydroxylation sites is 2. The standard InChI is InChI=1S/C26H22Cl2N2O2/c1-32-17-11-9-15(10-12-17)16-13-22-24(23(31)14-16)26(18-5-4-6-19(27)25(18)28)30-21-8-3-2-7-20(21)29-22/h2-12,16,26,29-30H,13-14H2,1H3. The van der Waals surface area contributed by atoms with Gasteiger partial charge in [-0.2, -0.15) is 0 Å². The second-order valence-corrected chi connectivity index (χ2v) is 8.87. The third-order valence-electron chi connectivity index (χ3n) is 6.19. The Labute approximate surface area is 197 Å². The van der Waals surface area contributed by atoms with Gasteiger partial charge in [-0.1, -0.05) is 59.6 Å². The fourth-order valence-electron chi connectivity index (χ4n) is 4.58. The molecule has 3 aromatic carbocycles. The van der Waals surface area contributed by atoms with E-state index in [4.69, 9.17) is 27.9 Å². The van der Waals surface area contributed by atoms with Crippen molar-refractivity contribution in [1.29, 1.82) is 0 Å². The molecule has 0 spiro atoms. The molecule has 1 aliphatic heterocycles. The SMILES string of the molecule is COc1ccc(C2CC(=O)C3=C(C2)Nc2ccccc2NC3c2cccc(Cl)c2Cl)cc1. The maximum atomic E-state index is 13.6. The lowest BCUT2D eigenvalue weighted by Crippen LogP contribution is -2.27. The first kappa shape index (κ1) is 20.9. The molecular formula is C26H22Cl2N2O2. The first-order valence-electron chi connectivity index (χ1n) is 10.5. The number of carbonyl (C=O) groups excluding carboxylic acids is 1. The monoisotopic (exact) mass is 464 g/mol. The first-order valence-corrected chi connectivity index (χ1v) is 11.3. The molecule has 32 heavy (non-hydrogen) atoms. The van der Waals surface area contributed by atoms with Crippen molar-refractivity contribution in [3.63, 3.8) is 0 Å². The number of hydrogen-bond donors (Lipinski definition) is 2. The van der Waals surface area contributed by atoms with Crippen LogP contribution in [0.3, 0.4) is 0 Å². The Morgan fingerprint density at radius 3 is 2.41 bits per heavy atom. The smallest absolute Gasteiger partial charge is 0.163 e. The predicted molar refractivity (Wildman–Crippen MR) is 130 cm³/mol. The Morgan fingerprint density at radius 2 is 1.66 bits per heavy atom. The van der Waals surface area contributed by atoms with E-state index in [-0.39, 0.29) is 11.7 Å². The van der Waals surface area contributed by atoms with E-state index in [1.54, 1.807) is 13.2 Å². The van der Waals surface area contributed by atoms with Crippen LogP contribution in [0.1, 0.15) is 35.9 Å². The molecule has 1 heterocycles. The summed E-state index contributed by atoms with van der Waals surface area (Å²) < 4.78 is 5.28. The van der Waals surface area contributed by atoms with Gasteiger partial charge in [-0.15, -0.1) is 0 Å². The molecular weight excluding hydrogens is 443 g/mol. The van der Waals surface area contributed by atoms with Gasteiger partial charge in [0.05, 0.1) is 34.6 Å². The number of nitrogens with one attached hydrogen (secondary N) is 2. The van der Waals surface area contributed by atoms with E-state index in [9.17, 15) is 4.79 Å². The lowest BCUT2D eigenvalue weighted by molar-refractivity contribution is -0.116. The van der Waals surface area contributed by atoms with Crippen molar-refractivity contribution in [2.45, 2.75) is 24.8 Å². The quantitative estimate of drug-likeness (QED) is 0.438. The Hall–Kier alpha value is -2.95. The summed E-state index contributed by atoms with van der Waals surface area (Å²) in [6.07, 6.45) is 1.15. The molecule has 2 N–H and O–H groups in total. The van der Waals surface area contributed by atoms with E-state index >= 15 is 0 Å². The molecule has 0 fully saturated rings. The summed E-state index contributed by atoms with van der Waals surface area (Å²) in [5, 5.41) is 8.02. The van der Waals surface area contributed by atoms with Gasteiger partial charge >= 0.3 is 0 Å². The molecule has 162 valence electrons. The zero-order valence-corrected chi connectivity index (χ0v) is 19.0.